The van der Waals surface area contributed by atoms with Gasteiger partial charge in [-0.3, -0.25) is 4.68 Å². The van der Waals surface area contributed by atoms with E-state index in [9.17, 15) is 5.11 Å². The highest BCUT2D eigenvalue weighted by atomic mass is 16.3. The van der Waals surface area contributed by atoms with Gasteiger partial charge in [0.05, 0.1) is 0 Å². The van der Waals surface area contributed by atoms with Gasteiger partial charge in [-0.2, -0.15) is 10.4 Å². The third-order valence-electron chi connectivity index (χ3n) is 2.46. The van der Waals surface area contributed by atoms with E-state index in [1.807, 2.05) is 25.3 Å². The van der Waals surface area contributed by atoms with E-state index in [4.69, 9.17) is 5.26 Å². The molecule has 2 aromatic rings. The molecule has 0 aliphatic rings. The van der Waals surface area contributed by atoms with E-state index in [0.29, 0.717) is 11.9 Å². The summed E-state index contributed by atoms with van der Waals surface area (Å²) in [5.74, 6) is 0.0613. The zero-order chi connectivity index (χ0) is 11.0. The molecule has 76 valence electrons. The summed E-state index contributed by atoms with van der Waals surface area (Å²) in [6, 6.07) is 3.87. The smallest absolute Gasteiger partial charge is 0.138 e. The number of aromatic hydroxyl groups is 1. The van der Waals surface area contributed by atoms with Gasteiger partial charge in [0, 0.05) is 18.6 Å². The molecular weight excluding hydrogens is 190 g/mol. The Morgan fingerprint density at radius 1 is 1.60 bits per heavy atom. The number of hydrogen-bond donors (Lipinski definition) is 1. The van der Waals surface area contributed by atoms with Crippen LogP contribution in [0.3, 0.4) is 0 Å². The van der Waals surface area contributed by atoms with Crippen LogP contribution in [-0.2, 0) is 13.5 Å². The van der Waals surface area contributed by atoms with Crippen LogP contribution in [-0.4, -0.2) is 14.9 Å². The zero-order valence-electron chi connectivity index (χ0n) is 8.65. The molecule has 0 aliphatic heterocycles. The minimum absolute atomic E-state index is 0.0613. The molecule has 2 rings (SSSR count). The molecule has 1 N–H and O–H groups in total. The van der Waals surface area contributed by atoms with Crippen molar-refractivity contribution in [1.82, 2.24) is 9.78 Å². The standard InChI is InChI=1S/C11H11N3O/c1-3-7-4-8-6-14(2)13-10(8)9(5-12)11(7)15/h4,6,15H,3H2,1-2H3. The highest BCUT2D eigenvalue weighted by molar-refractivity contribution is 5.87. The summed E-state index contributed by atoms with van der Waals surface area (Å²) in [6.07, 6.45) is 2.54. The summed E-state index contributed by atoms with van der Waals surface area (Å²) >= 11 is 0. The van der Waals surface area contributed by atoms with Crippen LogP contribution in [0.15, 0.2) is 12.3 Å². The van der Waals surface area contributed by atoms with Gasteiger partial charge in [0.2, 0.25) is 0 Å². The van der Waals surface area contributed by atoms with Crippen molar-refractivity contribution in [2.45, 2.75) is 13.3 Å². The van der Waals surface area contributed by atoms with Gasteiger partial charge in [0.1, 0.15) is 22.9 Å². The largest absolute Gasteiger partial charge is 0.506 e. The second kappa shape index (κ2) is 3.28. The molecule has 0 aliphatic carbocycles. The molecule has 1 aromatic heterocycles. The number of fused-ring (bicyclic) bond motifs is 1. The van der Waals surface area contributed by atoms with Crippen molar-refractivity contribution < 1.29 is 5.11 Å². The van der Waals surface area contributed by atoms with E-state index in [1.165, 1.54) is 0 Å². The molecule has 0 saturated heterocycles. The van der Waals surface area contributed by atoms with Crippen LogP contribution >= 0.6 is 0 Å². The normalized spacial score (nSPS) is 10.5. The molecule has 15 heavy (non-hydrogen) atoms. The molecule has 0 unspecified atom stereocenters. The lowest BCUT2D eigenvalue weighted by Gasteiger charge is -2.03. The Morgan fingerprint density at radius 3 is 2.93 bits per heavy atom. The molecule has 0 fully saturated rings. The van der Waals surface area contributed by atoms with Crippen molar-refractivity contribution in [3.63, 3.8) is 0 Å². The minimum atomic E-state index is 0.0613. The Bertz CT molecular complexity index is 563. The molecule has 0 saturated carbocycles. The molecule has 1 aromatic carbocycles. The SMILES string of the molecule is CCc1cc2cn(C)nc2c(C#N)c1O. The van der Waals surface area contributed by atoms with E-state index >= 15 is 0 Å². The van der Waals surface area contributed by atoms with Crippen molar-refractivity contribution in [2.75, 3.05) is 0 Å². The lowest BCUT2D eigenvalue weighted by molar-refractivity contribution is 0.468. The van der Waals surface area contributed by atoms with Crippen LogP contribution in [0.4, 0.5) is 0 Å². The predicted molar refractivity (Wildman–Crippen MR) is 56.5 cm³/mol. The third kappa shape index (κ3) is 1.33. The zero-order valence-corrected chi connectivity index (χ0v) is 8.65. The number of aryl methyl sites for hydroxylation is 2. The van der Waals surface area contributed by atoms with Gasteiger partial charge >= 0.3 is 0 Å². The Morgan fingerprint density at radius 2 is 2.33 bits per heavy atom. The predicted octanol–water partition coefficient (Wildman–Crippen LogP) is 1.71. The lowest BCUT2D eigenvalue weighted by atomic mass is 10.0. The number of phenolic OH excluding ortho intramolecular Hbond substituents is 1. The van der Waals surface area contributed by atoms with Crippen molar-refractivity contribution in [3.8, 4) is 11.8 Å². The highest BCUT2D eigenvalue weighted by Crippen LogP contribution is 2.29. The second-order valence-corrected chi connectivity index (χ2v) is 3.47. The van der Waals surface area contributed by atoms with Crippen molar-refractivity contribution in [3.05, 3.63) is 23.4 Å². The van der Waals surface area contributed by atoms with Gasteiger partial charge in [-0.05, 0) is 18.1 Å². The van der Waals surface area contributed by atoms with Crippen LogP contribution in [0, 0.1) is 11.3 Å². The average Bonchev–Trinajstić information content (AvgIpc) is 2.57. The summed E-state index contributed by atoms with van der Waals surface area (Å²) in [5.41, 5.74) is 1.62. The maximum atomic E-state index is 9.82. The Hall–Kier alpha value is -2.02. The molecule has 0 radical (unpaired) electrons. The first-order valence-electron chi connectivity index (χ1n) is 4.75. The van der Waals surface area contributed by atoms with Gasteiger partial charge in [0.25, 0.3) is 0 Å². The number of phenols is 1. The monoisotopic (exact) mass is 201 g/mol. The molecule has 0 spiro atoms. The number of hydrogen-bond acceptors (Lipinski definition) is 3. The van der Waals surface area contributed by atoms with E-state index in [0.717, 1.165) is 10.9 Å². The lowest BCUT2D eigenvalue weighted by Crippen LogP contribution is -1.89. The summed E-state index contributed by atoms with van der Waals surface area (Å²) in [7, 11) is 1.80. The van der Waals surface area contributed by atoms with Crippen LogP contribution in [0.25, 0.3) is 10.9 Å². The Labute approximate surface area is 87.4 Å². The minimum Gasteiger partial charge on any atom is -0.506 e. The van der Waals surface area contributed by atoms with Gasteiger partial charge in [-0.1, -0.05) is 6.92 Å². The summed E-state index contributed by atoms with van der Waals surface area (Å²) in [4.78, 5) is 0. The maximum absolute atomic E-state index is 9.82. The van der Waals surface area contributed by atoms with Gasteiger partial charge in [0.15, 0.2) is 0 Å². The van der Waals surface area contributed by atoms with Gasteiger partial charge in [-0.25, -0.2) is 0 Å². The molecule has 4 heteroatoms. The van der Waals surface area contributed by atoms with Crippen molar-refractivity contribution in [1.29, 1.82) is 5.26 Å². The van der Waals surface area contributed by atoms with Crippen molar-refractivity contribution in [2.24, 2.45) is 7.05 Å². The fourth-order valence-electron chi connectivity index (χ4n) is 1.71. The van der Waals surface area contributed by atoms with Crippen molar-refractivity contribution >= 4 is 10.9 Å². The topological polar surface area (TPSA) is 61.8 Å². The fourth-order valence-corrected chi connectivity index (χ4v) is 1.71. The Balaban J connectivity index is 2.90. The van der Waals surface area contributed by atoms with E-state index < -0.39 is 0 Å². The number of nitriles is 1. The van der Waals surface area contributed by atoms with E-state index in [-0.39, 0.29) is 11.3 Å². The molecular formula is C11H11N3O. The summed E-state index contributed by atoms with van der Waals surface area (Å²) in [6.45, 7) is 1.94. The second-order valence-electron chi connectivity index (χ2n) is 3.47. The molecule has 0 amide bonds. The van der Waals surface area contributed by atoms with Crippen LogP contribution in [0.2, 0.25) is 0 Å². The number of aromatic nitrogens is 2. The number of rotatable bonds is 1. The van der Waals surface area contributed by atoms with Gasteiger partial charge in [-0.15, -0.1) is 0 Å². The fraction of sp³-hybridized carbons (Fsp3) is 0.273. The molecule has 0 atom stereocenters. The summed E-state index contributed by atoms with van der Waals surface area (Å²) in [5, 5.41) is 23.9. The first-order chi connectivity index (χ1) is 7.17. The van der Waals surface area contributed by atoms with E-state index in [1.54, 1.807) is 11.7 Å². The number of benzene rings is 1. The quantitative estimate of drug-likeness (QED) is 0.764. The molecule has 4 nitrogen and oxygen atoms in total. The highest BCUT2D eigenvalue weighted by Gasteiger charge is 2.13. The first-order valence-corrected chi connectivity index (χ1v) is 4.75. The van der Waals surface area contributed by atoms with Crippen LogP contribution in [0.5, 0.6) is 5.75 Å². The third-order valence-corrected chi connectivity index (χ3v) is 2.46. The van der Waals surface area contributed by atoms with Gasteiger partial charge < -0.3 is 5.11 Å². The van der Waals surface area contributed by atoms with E-state index in [2.05, 4.69) is 5.10 Å². The van der Waals surface area contributed by atoms with Crippen LogP contribution in [0.1, 0.15) is 18.1 Å². The molecule has 0 bridgehead atoms. The molecule has 1 heterocycles. The Kier molecular flexibility index (Phi) is 2.09. The first kappa shape index (κ1) is 9.53. The maximum Gasteiger partial charge on any atom is 0.138 e. The average molecular weight is 201 g/mol. The number of nitrogens with zero attached hydrogens (tertiary/aromatic N) is 3. The summed E-state index contributed by atoms with van der Waals surface area (Å²) < 4.78 is 1.64. The van der Waals surface area contributed by atoms with Crippen LogP contribution < -0.4 is 0 Å².